The number of carbonyl (C=O) groups is 3. The first-order valence-corrected chi connectivity index (χ1v) is 12.7. The Balaban J connectivity index is 1.63. The van der Waals surface area contributed by atoms with Crippen molar-refractivity contribution in [3.05, 3.63) is 23.8 Å². The molecule has 1 heterocycles. The Morgan fingerprint density at radius 1 is 1.12 bits per heavy atom. The highest BCUT2D eigenvalue weighted by Gasteiger charge is 2.69. The number of aliphatic hydroxyl groups is 1. The summed E-state index contributed by atoms with van der Waals surface area (Å²) in [4.78, 5) is 38.7. The molecule has 5 rings (SSSR count). The van der Waals surface area contributed by atoms with E-state index in [-0.39, 0.29) is 52.0 Å². The lowest BCUT2D eigenvalue weighted by molar-refractivity contribution is -0.188. The van der Waals surface area contributed by atoms with Crippen LogP contribution in [0.15, 0.2) is 23.8 Å². The van der Waals surface area contributed by atoms with Crippen molar-refractivity contribution in [3.63, 3.8) is 0 Å². The minimum Gasteiger partial charge on any atom is -0.462 e. The van der Waals surface area contributed by atoms with E-state index in [0.717, 1.165) is 18.4 Å². The fraction of sp³-hybridized carbons (Fsp3) is 0.750. The smallest absolute Gasteiger partial charge is 0.302 e. The topological polar surface area (TPSA) is 89.9 Å². The van der Waals surface area contributed by atoms with Crippen molar-refractivity contribution in [2.45, 2.75) is 79.6 Å². The molecule has 0 aromatic heterocycles. The Morgan fingerprint density at radius 3 is 2.44 bits per heavy atom. The van der Waals surface area contributed by atoms with E-state index >= 15 is 0 Å². The van der Waals surface area contributed by atoms with Crippen LogP contribution < -0.4 is 0 Å². The van der Waals surface area contributed by atoms with Gasteiger partial charge in [-0.25, -0.2) is 0 Å². The Bertz CT molecular complexity index is 1010. The Hall–Kier alpha value is -1.79. The van der Waals surface area contributed by atoms with Crippen molar-refractivity contribution in [3.8, 4) is 0 Å². The molecule has 1 saturated heterocycles. The van der Waals surface area contributed by atoms with Crippen molar-refractivity contribution < 1.29 is 29.0 Å². The SMILES string of the molecule is CC(=O)O[C@@H]1C[C@H]2C(C)(C)C(=O)C=C[C@]2(C)[C@H]2CC[C@]3(C)C(=CC(=O)[C@H]3[C@@H]3COC(O)C3)[C@@]21C. The Kier molecular flexibility index (Phi) is 5.18. The normalized spacial score (nSPS) is 49.2. The molecule has 1 N–H and O–H groups in total. The molecule has 0 radical (unpaired) electrons. The van der Waals surface area contributed by atoms with Crippen molar-refractivity contribution in [1.29, 1.82) is 0 Å². The highest BCUT2D eigenvalue weighted by atomic mass is 16.6. The number of ketones is 2. The van der Waals surface area contributed by atoms with Gasteiger partial charge in [-0.1, -0.05) is 46.3 Å². The molecular weight excluding hydrogens is 432 g/mol. The van der Waals surface area contributed by atoms with Gasteiger partial charge in [0.15, 0.2) is 17.9 Å². The number of fused-ring (bicyclic) bond motifs is 5. The molecule has 4 aliphatic carbocycles. The number of allylic oxidation sites excluding steroid dienone is 3. The van der Waals surface area contributed by atoms with E-state index in [4.69, 9.17) is 9.47 Å². The molecular formula is C28H38O6. The van der Waals surface area contributed by atoms with E-state index in [1.54, 1.807) is 6.08 Å². The van der Waals surface area contributed by atoms with Crippen LogP contribution in [0.2, 0.25) is 0 Å². The Morgan fingerprint density at radius 2 is 1.82 bits per heavy atom. The second-order valence-corrected chi connectivity index (χ2v) is 12.7. The first kappa shape index (κ1) is 23.9. The molecule has 0 aromatic carbocycles. The predicted molar refractivity (Wildman–Crippen MR) is 125 cm³/mol. The van der Waals surface area contributed by atoms with E-state index in [2.05, 4.69) is 26.8 Å². The van der Waals surface area contributed by atoms with Crippen LogP contribution in [-0.4, -0.2) is 41.6 Å². The first-order chi connectivity index (χ1) is 15.8. The lowest BCUT2D eigenvalue weighted by atomic mass is 9.38. The zero-order valence-electron chi connectivity index (χ0n) is 21.2. The van der Waals surface area contributed by atoms with Crippen LogP contribution in [0, 0.1) is 45.3 Å². The van der Waals surface area contributed by atoms with E-state index in [9.17, 15) is 19.5 Å². The predicted octanol–water partition coefficient (Wildman–Crippen LogP) is 4.01. The molecule has 2 saturated carbocycles. The average molecular weight is 471 g/mol. The summed E-state index contributed by atoms with van der Waals surface area (Å²) in [5.74, 6) is -0.196. The summed E-state index contributed by atoms with van der Waals surface area (Å²) < 4.78 is 11.5. The van der Waals surface area contributed by atoms with E-state index in [0.29, 0.717) is 19.4 Å². The molecule has 186 valence electrons. The molecule has 0 amide bonds. The van der Waals surface area contributed by atoms with Crippen LogP contribution >= 0.6 is 0 Å². The maximum Gasteiger partial charge on any atom is 0.302 e. The van der Waals surface area contributed by atoms with E-state index in [1.165, 1.54) is 6.92 Å². The number of esters is 1. The van der Waals surface area contributed by atoms with Crippen LogP contribution in [0.5, 0.6) is 0 Å². The van der Waals surface area contributed by atoms with Crippen LogP contribution in [0.3, 0.4) is 0 Å². The molecule has 0 bridgehead atoms. The van der Waals surface area contributed by atoms with Gasteiger partial charge in [0.2, 0.25) is 0 Å². The van der Waals surface area contributed by atoms with Crippen molar-refractivity contribution in [1.82, 2.24) is 0 Å². The summed E-state index contributed by atoms with van der Waals surface area (Å²) >= 11 is 0. The summed E-state index contributed by atoms with van der Waals surface area (Å²) in [5, 5.41) is 10.00. The third-order valence-electron chi connectivity index (χ3n) is 10.7. The van der Waals surface area contributed by atoms with Gasteiger partial charge in [-0.3, -0.25) is 14.4 Å². The van der Waals surface area contributed by atoms with Gasteiger partial charge in [0, 0.05) is 30.1 Å². The van der Waals surface area contributed by atoms with Gasteiger partial charge in [-0.2, -0.15) is 0 Å². The Labute approximate surface area is 202 Å². The molecule has 34 heavy (non-hydrogen) atoms. The molecule has 0 spiro atoms. The molecule has 1 aliphatic heterocycles. The minimum atomic E-state index is -0.812. The maximum atomic E-state index is 13.5. The molecule has 3 fully saturated rings. The zero-order chi connectivity index (χ0) is 24.8. The van der Waals surface area contributed by atoms with Gasteiger partial charge in [0.1, 0.15) is 6.10 Å². The summed E-state index contributed by atoms with van der Waals surface area (Å²) in [6.45, 7) is 12.5. The van der Waals surface area contributed by atoms with Gasteiger partial charge in [-0.05, 0) is 60.0 Å². The van der Waals surface area contributed by atoms with Crippen LogP contribution in [-0.2, 0) is 23.9 Å². The van der Waals surface area contributed by atoms with Gasteiger partial charge in [0.25, 0.3) is 0 Å². The van der Waals surface area contributed by atoms with E-state index in [1.807, 2.05) is 19.9 Å². The minimum absolute atomic E-state index is 0.0216. The lowest BCUT2D eigenvalue weighted by Gasteiger charge is -2.66. The molecule has 5 aliphatic rings. The summed E-state index contributed by atoms with van der Waals surface area (Å²) in [6, 6.07) is 0. The maximum absolute atomic E-state index is 13.5. The number of hydrogen-bond donors (Lipinski definition) is 1. The van der Waals surface area contributed by atoms with Crippen molar-refractivity contribution in [2.75, 3.05) is 6.61 Å². The molecule has 0 aromatic rings. The second-order valence-electron chi connectivity index (χ2n) is 12.7. The number of rotatable bonds is 2. The van der Waals surface area contributed by atoms with Crippen LogP contribution in [0.1, 0.15) is 67.2 Å². The highest BCUT2D eigenvalue weighted by Crippen LogP contribution is 2.72. The fourth-order valence-electron chi connectivity index (χ4n) is 9.11. The van der Waals surface area contributed by atoms with Gasteiger partial charge in [0.05, 0.1) is 6.61 Å². The second kappa shape index (κ2) is 7.36. The molecule has 1 unspecified atom stereocenters. The zero-order valence-corrected chi connectivity index (χ0v) is 21.2. The number of carbonyl (C=O) groups excluding carboxylic acids is 3. The number of ether oxygens (including phenoxy) is 2. The van der Waals surface area contributed by atoms with Crippen molar-refractivity contribution in [2.24, 2.45) is 45.3 Å². The van der Waals surface area contributed by atoms with Gasteiger partial charge < -0.3 is 14.6 Å². The van der Waals surface area contributed by atoms with Crippen molar-refractivity contribution >= 4 is 17.5 Å². The number of aliphatic hydroxyl groups excluding tert-OH is 1. The molecule has 9 atom stereocenters. The van der Waals surface area contributed by atoms with Gasteiger partial charge in [-0.15, -0.1) is 0 Å². The van der Waals surface area contributed by atoms with E-state index < -0.39 is 23.2 Å². The van der Waals surface area contributed by atoms with Gasteiger partial charge >= 0.3 is 5.97 Å². The molecule has 6 heteroatoms. The number of hydrogen-bond acceptors (Lipinski definition) is 6. The monoisotopic (exact) mass is 470 g/mol. The quantitative estimate of drug-likeness (QED) is 0.614. The standard InChI is InChI=1S/C28H38O6/c1-15(29)34-22-13-19-25(2,3)21(31)8-10-26(19,4)18-7-9-27(5)20(28(18,22)6)12-17(30)24(27)16-11-23(32)33-14-16/h8,10,12,16,18-19,22-24,32H,7,9,11,13-14H2,1-6H3/t16-,18+,19-,22+,23?,24+,26+,27+,28+/m0/s1. The lowest BCUT2D eigenvalue weighted by Crippen LogP contribution is -2.64. The summed E-state index contributed by atoms with van der Waals surface area (Å²) in [5.41, 5.74) is -0.608. The third kappa shape index (κ3) is 2.97. The highest BCUT2D eigenvalue weighted by molar-refractivity contribution is 5.98. The molecule has 6 nitrogen and oxygen atoms in total. The van der Waals surface area contributed by atoms with Crippen LogP contribution in [0.25, 0.3) is 0 Å². The first-order valence-electron chi connectivity index (χ1n) is 12.7. The van der Waals surface area contributed by atoms with Crippen LogP contribution in [0.4, 0.5) is 0 Å². The fourth-order valence-corrected chi connectivity index (χ4v) is 9.11. The summed E-state index contributed by atoms with van der Waals surface area (Å²) in [6.07, 6.45) is 7.26. The summed E-state index contributed by atoms with van der Waals surface area (Å²) in [7, 11) is 0. The largest absolute Gasteiger partial charge is 0.462 e. The third-order valence-corrected chi connectivity index (χ3v) is 10.7. The average Bonchev–Trinajstić information content (AvgIpc) is 3.27.